The molecule has 12 nitrogen and oxygen atoms in total. The second-order valence-electron chi connectivity index (χ2n) is 14.5. The van der Waals surface area contributed by atoms with Gasteiger partial charge in [-0.25, -0.2) is 18.0 Å². The number of halogens is 4. The number of hydrogen-bond acceptors (Lipinski definition) is 9. The van der Waals surface area contributed by atoms with Gasteiger partial charge in [0, 0.05) is 22.8 Å². The molecule has 3 aromatic carbocycles. The molecule has 1 saturated carbocycles. The first-order valence-corrected chi connectivity index (χ1v) is 20.7. The standard InChI is InChI=1S/C40H39Cl2F2N3O9S/c41-32-19-47(51)20-33(42)31(32)18-29(26-8-11-34(56-40(43)44)35(16-26)54-22-23-6-7-23)30-17-27(9-10-28(30)38(48)49)57(52,53)45-37(25-4-2-1-3-5-25)39(50)55-36-21-46-14-12-24(36)13-15-46/h1-5,8-11,16-17,19-20,23-24,29,36-37,40,45H,6-7,12-15,18,21-22H2,(H-,48,49,51)/p+1/t29-,36-,37?/m0/s1. The van der Waals surface area contributed by atoms with Crippen molar-refractivity contribution in [1.82, 2.24) is 9.62 Å². The Morgan fingerprint density at radius 3 is 2.25 bits per heavy atom. The molecular weight excluding hydrogens is 807 g/mol. The summed E-state index contributed by atoms with van der Waals surface area (Å²) in [5.74, 6) is -3.10. The molecule has 17 heteroatoms. The van der Waals surface area contributed by atoms with Gasteiger partial charge >= 0.3 is 18.6 Å². The molecule has 1 unspecified atom stereocenters. The van der Waals surface area contributed by atoms with Crippen LogP contribution in [0.15, 0.2) is 84.0 Å². The number of nitrogens with one attached hydrogen (secondary N) is 1. The number of benzene rings is 3. The van der Waals surface area contributed by atoms with Crippen molar-refractivity contribution in [2.45, 2.75) is 61.7 Å². The zero-order valence-corrected chi connectivity index (χ0v) is 32.7. The SMILES string of the molecule is O=C(O)c1ccc(S(=O)(=O)NC(C(=O)O[C@H]2CN3CCC2CC3)c2ccccc2)cc1[C@@H](Cc1c(Cl)c[n+](O)cc1Cl)c1ccc(OC(F)F)c(OCC2CC2)c1. The minimum Gasteiger partial charge on any atom is -0.489 e. The van der Waals surface area contributed by atoms with E-state index in [1.807, 2.05) is 0 Å². The summed E-state index contributed by atoms with van der Waals surface area (Å²) in [6.07, 6.45) is 5.35. The van der Waals surface area contributed by atoms with E-state index in [1.54, 1.807) is 30.3 Å². The molecule has 1 aliphatic carbocycles. The number of piperidine rings is 3. The van der Waals surface area contributed by atoms with Gasteiger partial charge in [0.25, 0.3) is 0 Å². The number of hydrogen-bond donors (Lipinski definition) is 3. The maximum atomic E-state index is 14.3. The number of aromatic nitrogens is 1. The van der Waals surface area contributed by atoms with Gasteiger partial charge in [0.1, 0.15) is 22.2 Å². The average molecular weight is 848 g/mol. The highest BCUT2D eigenvalue weighted by Crippen LogP contribution is 2.41. The van der Waals surface area contributed by atoms with Crippen molar-refractivity contribution in [3.05, 3.63) is 117 Å². The second kappa shape index (κ2) is 17.1. The predicted molar refractivity (Wildman–Crippen MR) is 203 cm³/mol. The first kappa shape index (κ1) is 40.6. The average Bonchev–Trinajstić information content (AvgIpc) is 4.01. The van der Waals surface area contributed by atoms with Crippen molar-refractivity contribution in [3.8, 4) is 11.5 Å². The number of aromatic carboxylic acids is 1. The van der Waals surface area contributed by atoms with Gasteiger partial charge in [-0.1, -0.05) is 59.6 Å². The van der Waals surface area contributed by atoms with Crippen LogP contribution in [0.2, 0.25) is 10.0 Å². The van der Waals surface area contributed by atoms with Gasteiger partial charge in [0.2, 0.25) is 22.4 Å². The fourth-order valence-electron chi connectivity index (χ4n) is 7.46. The van der Waals surface area contributed by atoms with Crippen LogP contribution in [0.4, 0.5) is 8.78 Å². The Morgan fingerprint density at radius 2 is 1.63 bits per heavy atom. The molecule has 0 radical (unpaired) electrons. The Labute approximate surface area is 337 Å². The quantitative estimate of drug-likeness (QED) is 0.0636. The lowest BCUT2D eigenvalue weighted by Crippen LogP contribution is -2.52. The number of fused-ring (bicyclic) bond motifs is 3. The van der Waals surface area contributed by atoms with E-state index in [-0.39, 0.29) is 68.0 Å². The molecule has 3 atom stereocenters. The summed E-state index contributed by atoms with van der Waals surface area (Å²) < 4.78 is 75.4. The van der Waals surface area contributed by atoms with Crippen LogP contribution < -0.4 is 18.9 Å². The van der Waals surface area contributed by atoms with Gasteiger partial charge in [-0.15, -0.1) is 0 Å². The Kier molecular flexibility index (Phi) is 12.2. The van der Waals surface area contributed by atoms with E-state index in [0.29, 0.717) is 22.4 Å². The van der Waals surface area contributed by atoms with Crippen molar-refractivity contribution in [2.75, 3.05) is 26.2 Å². The molecule has 3 saturated heterocycles. The molecule has 0 amide bonds. The molecular formula is C40H40Cl2F2N3O9S+. The molecule has 2 bridgehead atoms. The summed E-state index contributed by atoms with van der Waals surface area (Å²) in [7, 11) is -4.59. The maximum Gasteiger partial charge on any atom is 0.387 e. The van der Waals surface area contributed by atoms with Crippen LogP contribution in [0.5, 0.6) is 11.5 Å². The molecule has 4 aromatic rings. The normalized spacial score (nSPS) is 20.2. The van der Waals surface area contributed by atoms with Gasteiger partial charge in [-0.3, -0.25) is 10.1 Å². The van der Waals surface area contributed by atoms with Gasteiger partial charge in [0.05, 0.1) is 17.1 Å². The summed E-state index contributed by atoms with van der Waals surface area (Å²) in [5, 5.41) is 20.5. The van der Waals surface area contributed by atoms with E-state index in [9.17, 15) is 37.1 Å². The fourth-order valence-corrected chi connectivity index (χ4v) is 9.27. The summed E-state index contributed by atoms with van der Waals surface area (Å²) in [4.78, 5) is 28.5. The van der Waals surface area contributed by atoms with Crippen LogP contribution in [0.25, 0.3) is 0 Å². The summed E-state index contributed by atoms with van der Waals surface area (Å²) in [5.41, 5.74) is 0.633. The lowest BCUT2D eigenvalue weighted by atomic mass is 9.83. The molecule has 3 N–H and O–H groups in total. The zero-order valence-electron chi connectivity index (χ0n) is 30.4. The molecule has 302 valence electrons. The highest BCUT2D eigenvalue weighted by atomic mass is 35.5. The van der Waals surface area contributed by atoms with E-state index >= 15 is 0 Å². The number of esters is 1. The minimum atomic E-state index is -4.59. The third-order valence-electron chi connectivity index (χ3n) is 10.7. The smallest absolute Gasteiger partial charge is 0.387 e. The lowest BCUT2D eigenvalue weighted by Gasteiger charge is -2.44. The van der Waals surface area contributed by atoms with Gasteiger partial charge in [-0.2, -0.15) is 13.5 Å². The number of alkyl halides is 2. The topological polar surface area (TPSA) is 156 Å². The molecule has 57 heavy (non-hydrogen) atoms. The monoisotopic (exact) mass is 846 g/mol. The first-order chi connectivity index (χ1) is 27.3. The fraction of sp³-hybridized carbons (Fsp3) is 0.375. The zero-order chi connectivity index (χ0) is 40.4. The number of pyridine rings is 1. The molecule has 1 aromatic heterocycles. The maximum absolute atomic E-state index is 14.3. The van der Waals surface area contributed by atoms with E-state index in [1.165, 1.54) is 36.7 Å². The predicted octanol–water partition coefficient (Wildman–Crippen LogP) is 6.64. The minimum absolute atomic E-state index is 0.00683. The molecule has 4 fully saturated rings. The number of sulfonamides is 1. The van der Waals surface area contributed by atoms with Crippen molar-refractivity contribution >= 4 is 45.2 Å². The molecule has 8 rings (SSSR count). The van der Waals surface area contributed by atoms with E-state index < -0.39 is 46.6 Å². The number of carbonyl (C=O) groups excluding carboxylic acids is 1. The van der Waals surface area contributed by atoms with Gasteiger partial charge in [-0.05, 0) is 104 Å². The molecule has 4 heterocycles. The number of rotatable bonds is 16. The van der Waals surface area contributed by atoms with Gasteiger partial charge < -0.3 is 19.3 Å². The van der Waals surface area contributed by atoms with Crippen molar-refractivity contribution in [2.24, 2.45) is 11.8 Å². The van der Waals surface area contributed by atoms with Crippen molar-refractivity contribution in [1.29, 1.82) is 0 Å². The number of nitrogens with zero attached hydrogens (tertiary/aromatic N) is 2. The van der Waals surface area contributed by atoms with Gasteiger partial charge in [0.15, 0.2) is 11.5 Å². The molecule has 3 aliphatic heterocycles. The van der Waals surface area contributed by atoms with Crippen LogP contribution in [0.3, 0.4) is 0 Å². The van der Waals surface area contributed by atoms with Crippen LogP contribution in [-0.2, 0) is 26.0 Å². The largest absolute Gasteiger partial charge is 0.489 e. The van der Waals surface area contributed by atoms with E-state index in [4.69, 9.17) is 37.4 Å². The number of carboxylic acid groups (broad SMARTS) is 1. The molecule has 0 spiro atoms. The third-order valence-corrected chi connectivity index (χ3v) is 12.8. The van der Waals surface area contributed by atoms with E-state index in [0.717, 1.165) is 50.9 Å². The Hall–Kier alpha value is -4.54. The molecule has 4 aliphatic rings. The number of carboxylic acids is 1. The summed E-state index contributed by atoms with van der Waals surface area (Å²) in [6, 6.07) is 14.4. The summed E-state index contributed by atoms with van der Waals surface area (Å²) in [6.45, 7) is -0.554. The van der Waals surface area contributed by atoms with Crippen molar-refractivity contribution < 1.29 is 56.0 Å². The Bertz CT molecular complexity index is 2220. The van der Waals surface area contributed by atoms with Crippen LogP contribution in [0.1, 0.15) is 70.3 Å². The van der Waals surface area contributed by atoms with Crippen LogP contribution in [-0.4, -0.2) is 74.5 Å². The first-order valence-electron chi connectivity index (χ1n) is 18.4. The highest BCUT2D eigenvalue weighted by Gasteiger charge is 2.39. The number of carbonyl (C=O) groups is 2. The highest BCUT2D eigenvalue weighted by molar-refractivity contribution is 7.89. The summed E-state index contributed by atoms with van der Waals surface area (Å²) >= 11 is 13.1. The Morgan fingerprint density at radius 1 is 0.930 bits per heavy atom. The Balaban J connectivity index is 1.29. The van der Waals surface area contributed by atoms with Crippen LogP contribution in [0, 0.1) is 11.8 Å². The third kappa shape index (κ3) is 9.61. The lowest BCUT2D eigenvalue weighted by molar-refractivity contribution is -0.904. The number of ether oxygens (including phenoxy) is 3. The van der Waals surface area contributed by atoms with Crippen LogP contribution >= 0.6 is 23.2 Å². The second-order valence-corrected chi connectivity index (χ2v) is 17.1. The van der Waals surface area contributed by atoms with E-state index in [2.05, 4.69) is 9.62 Å². The van der Waals surface area contributed by atoms with Crippen molar-refractivity contribution in [3.63, 3.8) is 0 Å².